The summed E-state index contributed by atoms with van der Waals surface area (Å²) >= 11 is 0. The monoisotopic (exact) mass is 350 g/mol. The van der Waals surface area contributed by atoms with Crippen molar-refractivity contribution in [2.45, 2.75) is 32.7 Å². The SMILES string of the molecule is Cc1[nH]cnc1C(=O)N1CCc2nnc(CCc3ccccc3)n2CC1. The Morgan fingerprint density at radius 2 is 1.96 bits per heavy atom. The highest BCUT2D eigenvalue weighted by atomic mass is 16.2. The summed E-state index contributed by atoms with van der Waals surface area (Å²) < 4.78 is 2.17. The number of carbonyl (C=O) groups excluding carboxylic acids is 1. The van der Waals surface area contributed by atoms with E-state index in [-0.39, 0.29) is 5.91 Å². The van der Waals surface area contributed by atoms with E-state index in [1.165, 1.54) is 5.56 Å². The van der Waals surface area contributed by atoms with Crippen LogP contribution in [-0.4, -0.2) is 48.6 Å². The zero-order chi connectivity index (χ0) is 17.9. The summed E-state index contributed by atoms with van der Waals surface area (Å²) in [6.07, 6.45) is 4.07. The molecule has 3 heterocycles. The van der Waals surface area contributed by atoms with Gasteiger partial charge in [-0.05, 0) is 18.9 Å². The van der Waals surface area contributed by atoms with Crippen LogP contribution >= 0.6 is 0 Å². The van der Waals surface area contributed by atoms with Gasteiger partial charge in [0.1, 0.15) is 17.3 Å². The Morgan fingerprint density at radius 3 is 2.73 bits per heavy atom. The first kappa shape index (κ1) is 16.5. The molecule has 7 heteroatoms. The lowest BCUT2D eigenvalue weighted by molar-refractivity contribution is 0.0752. The van der Waals surface area contributed by atoms with Crippen LogP contribution in [-0.2, 0) is 25.8 Å². The summed E-state index contributed by atoms with van der Waals surface area (Å²) in [4.78, 5) is 21.7. The van der Waals surface area contributed by atoms with Crippen molar-refractivity contribution in [1.29, 1.82) is 0 Å². The van der Waals surface area contributed by atoms with Crippen LogP contribution in [0.2, 0.25) is 0 Å². The van der Waals surface area contributed by atoms with Crippen LogP contribution in [0.3, 0.4) is 0 Å². The molecule has 0 saturated heterocycles. The van der Waals surface area contributed by atoms with Gasteiger partial charge in [0.05, 0.1) is 6.33 Å². The van der Waals surface area contributed by atoms with E-state index in [4.69, 9.17) is 0 Å². The second-order valence-electron chi connectivity index (χ2n) is 6.59. The summed E-state index contributed by atoms with van der Waals surface area (Å²) in [7, 11) is 0. The fourth-order valence-electron chi connectivity index (χ4n) is 3.40. The van der Waals surface area contributed by atoms with Crippen molar-refractivity contribution in [2.75, 3.05) is 13.1 Å². The number of imidazole rings is 1. The average Bonchev–Trinajstić information content (AvgIpc) is 3.20. The molecule has 1 aliphatic heterocycles. The number of aromatic nitrogens is 5. The fourth-order valence-corrected chi connectivity index (χ4v) is 3.40. The highest BCUT2D eigenvalue weighted by Gasteiger charge is 2.24. The Labute approximate surface area is 152 Å². The predicted octanol–water partition coefficient (Wildman–Crippen LogP) is 1.79. The molecule has 0 saturated carbocycles. The van der Waals surface area contributed by atoms with Crippen molar-refractivity contribution >= 4 is 5.91 Å². The summed E-state index contributed by atoms with van der Waals surface area (Å²) in [5.41, 5.74) is 2.61. The van der Waals surface area contributed by atoms with Crippen molar-refractivity contribution in [2.24, 2.45) is 0 Å². The van der Waals surface area contributed by atoms with Gasteiger partial charge in [-0.2, -0.15) is 0 Å². The van der Waals surface area contributed by atoms with E-state index < -0.39 is 0 Å². The van der Waals surface area contributed by atoms with Crippen LogP contribution in [0.15, 0.2) is 36.7 Å². The molecule has 1 aromatic carbocycles. The number of H-pyrrole nitrogens is 1. The molecule has 1 N–H and O–H groups in total. The van der Waals surface area contributed by atoms with Gasteiger partial charge in [0, 0.05) is 38.2 Å². The van der Waals surface area contributed by atoms with Crippen LogP contribution < -0.4 is 0 Å². The first-order valence-corrected chi connectivity index (χ1v) is 8.96. The smallest absolute Gasteiger partial charge is 0.274 e. The number of aromatic amines is 1. The van der Waals surface area contributed by atoms with Crippen LogP contribution in [0.1, 0.15) is 33.4 Å². The maximum atomic E-state index is 12.7. The Balaban J connectivity index is 1.44. The van der Waals surface area contributed by atoms with Gasteiger partial charge in [-0.3, -0.25) is 4.79 Å². The molecule has 0 spiro atoms. The Bertz CT molecular complexity index is 898. The number of rotatable bonds is 4. The molecule has 134 valence electrons. The van der Waals surface area contributed by atoms with Gasteiger partial charge >= 0.3 is 0 Å². The summed E-state index contributed by atoms with van der Waals surface area (Å²) in [5, 5.41) is 8.74. The van der Waals surface area contributed by atoms with Gasteiger partial charge in [0.25, 0.3) is 5.91 Å². The molecule has 0 bridgehead atoms. The van der Waals surface area contributed by atoms with Gasteiger partial charge in [0.15, 0.2) is 0 Å². The van der Waals surface area contributed by atoms with E-state index >= 15 is 0 Å². The number of benzene rings is 1. The number of hydrogen-bond donors (Lipinski definition) is 1. The number of carbonyl (C=O) groups is 1. The van der Waals surface area contributed by atoms with Crippen molar-refractivity contribution in [3.63, 3.8) is 0 Å². The number of aryl methyl sites for hydroxylation is 3. The zero-order valence-electron chi connectivity index (χ0n) is 14.9. The number of hydrogen-bond acceptors (Lipinski definition) is 4. The second kappa shape index (κ2) is 7.11. The fraction of sp³-hybridized carbons (Fsp3) is 0.368. The van der Waals surface area contributed by atoms with E-state index in [9.17, 15) is 4.79 Å². The topological polar surface area (TPSA) is 79.7 Å². The van der Waals surface area contributed by atoms with Gasteiger partial charge in [-0.1, -0.05) is 30.3 Å². The molecule has 3 aromatic rings. The summed E-state index contributed by atoms with van der Waals surface area (Å²) in [6.45, 7) is 3.88. The third kappa shape index (κ3) is 3.24. The Hall–Kier alpha value is -2.96. The summed E-state index contributed by atoms with van der Waals surface area (Å²) in [6, 6.07) is 10.4. The lowest BCUT2D eigenvalue weighted by Gasteiger charge is -2.19. The first-order chi connectivity index (χ1) is 12.7. The minimum atomic E-state index is -0.0201. The quantitative estimate of drug-likeness (QED) is 0.778. The number of nitrogens with zero attached hydrogens (tertiary/aromatic N) is 5. The average molecular weight is 350 g/mol. The van der Waals surface area contributed by atoms with Crippen LogP contribution in [0, 0.1) is 6.92 Å². The maximum Gasteiger partial charge on any atom is 0.274 e. The third-order valence-corrected chi connectivity index (χ3v) is 4.90. The van der Waals surface area contributed by atoms with Gasteiger partial charge in [-0.15, -0.1) is 10.2 Å². The minimum Gasteiger partial charge on any atom is -0.348 e. The molecule has 7 nitrogen and oxygen atoms in total. The van der Waals surface area contributed by atoms with Crippen molar-refractivity contribution in [1.82, 2.24) is 29.6 Å². The van der Waals surface area contributed by atoms with Crippen molar-refractivity contribution < 1.29 is 4.79 Å². The number of nitrogens with one attached hydrogen (secondary N) is 1. The highest BCUT2D eigenvalue weighted by molar-refractivity contribution is 5.93. The number of fused-ring (bicyclic) bond motifs is 1. The van der Waals surface area contributed by atoms with E-state index in [0.717, 1.165) is 36.7 Å². The molecule has 1 aliphatic rings. The minimum absolute atomic E-state index is 0.0201. The highest BCUT2D eigenvalue weighted by Crippen LogP contribution is 2.14. The van der Waals surface area contributed by atoms with E-state index in [1.54, 1.807) is 6.33 Å². The molecular weight excluding hydrogens is 328 g/mol. The second-order valence-corrected chi connectivity index (χ2v) is 6.59. The molecule has 4 rings (SSSR count). The van der Waals surface area contributed by atoms with Gasteiger partial charge in [0.2, 0.25) is 0 Å². The van der Waals surface area contributed by atoms with Crippen LogP contribution in [0.4, 0.5) is 0 Å². The molecule has 0 radical (unpaired) electrons. The van der Waals surface area contributed by atoms with E-state index in [2.05, 4.69) is 49.0 Å². The molecule has 2 aromatic heterocycles. The van der Waals surface area contributed by atoms with Gasteiger partial charge in [-0.25, -0.2) is 4.98 Å². The molecule has 1 amide bonds. The summed E-state index contributed by atoms with van der Waals surface area (Å²) in [5.74, 6) is 1.93. The van der Waals surface area contributed by atoms with Crippen LogP contribution in [0.25, 0.3) is 0 Å². The van der Waals surface area contributed by atoms with Crippen molar-refractivity contribution in [3.05, 3.63) is 65.3 Å². The Kier molecular flexibility index (Phi) is 4.51. The molecule has 0 aliphatic carbocycles. The molecule has 26 heavy (non-hydrogen) atoms. The lowest BCUT2D eigenvalue weighted by Crippen LogP contribution is -2.34. The normalized spacial score (nSPS) is 14.1. The first-order valence-electron chi connectivity index (χ1n) is 8.96. The number of amides is 1. The molecule has 0 unspecified atom stereocenters. The third-order valence-electron chi connectivity index (χ3n) is 4.90. The standard InChI is InChI=1S/C19H22N6O/c1-14-18(21-13-20-14)19(26)24-10-9-17-23-22-16(25(17)12-11-24)8-7-15-5-3-2-4-6-15/h2-6,13H,7-12H2,1H3,(H,20,21). The molecule has 0 atom stereocenters. The van der Waals surface area contributed by atoms with Crippen molar-refractivity contribution in [3.8, 4) is 0 Å². The van der Waals surface area contributed by atoms with Gasteiger partial charge < -0.3 is 14.5 Å². The van der Waals surface area contributed by atoms with E-state index in [0.29, 0.717) is 25.2 Å². The Morgan fingerprint density at radius 1 is 1.12 bits per heavy atom. The lowest BCUT2D eigenvalue weighted by atomic mass is 10.1. The zero-order valence-corrected chi connectivity index (χ0v) is 14.9. The maximum absolute atomic E-state index is 12.7. The molecular formula is C19H22N6O. The van der Waals surface area contributed by atoms with Crippen LogP contribution in [0.5, 0.6) is 0 Å². The molecule has 0 fully saturated rings. The van der Waals surface area contributed by atoms with E-state index in [1.807, 2.05) is 17.9 Å². The predicted molar refractivity (Wildman–Crippen MR) is 96.8 cm³/mol. The largest absolute Gasteiger partial charge is 0.348 e.